The highest BCUT2D eigenvalue weighted by atomic mass is 16.6. The van der Waals surface area contributed by atoms with Gasteiger partial charge in [-0.25, -0.2) is 4.79 Å². The average molecular weight is 395 g/mol. The Morgan fingerprint density at radius 2 is 1.83 bits per heavy atom. The Labute approximate surface area is 172 Å². The molecule has 0 aliphatic carbocycles. The number of benzene rings is 2. The second kappa shape index (κ2) is 7.62. The number of carbonyl (C=O) groups excluding carboxylic acids is 1. The highest BCUT2D eigenvalue weighted by Gasteiger charge is 2.44. The van der Waals surface area contributed by atoms with Crippen molar-refractivity contribution in [3.63, 3.8) is 0 Å². The van der Waals surface area contributed by atoms with E-state index in [2.05, 4.69) is 18.2 Å². The SMILES string of the molecule is CC(C)(C)OC(=O)N1CCC2(CC1)COc1cc(OCc3ccccc3)ccc12. The van der Waals surface area contributed by atoms with E-state index in [4.69, 9.17) is 14.2 Å². The molecular weight excluding hydrogens is 366 g/mol. The maximum Gasteiger partial charge on any atom is 0.410 e. The van der Waals surface area contributed by atoms with Crippen molar-refractivity contribution in [2.24, 2.45) is 0 Å². The molecule has 0 aromatic heterocycles. The third kappa shape index (κ3) is 4.34. The fraction of sp³-hybridized carbons (Fsp3) is 0.458. The van der Waals surface area contributed by atoms with Crippen LogP contribution in [-0.2, 0) is 16.8 Å². The van der Waals surface area contributed by atoms with E-state index >= 15 is 0 Å². The van der Waals surface area contributed by atoms with E-state index in [0.29, 0.717) is 26.3 Å². The Morgan fingerprint density at radius 1 is 1.10 bits per heavy atom. The number of piperidine rings is 1. The lowest BCUT2D eigenvalue weighted by atomic mass is 9.74. The van der Waals surface area contributed by atoms with E-state index in [0.717, 1.165) is 29.9 Å². The topological polar surface area (TPSA) is 48.0 Å². The minimum absolute atomic E-state index is 0.0220. The lowest BCUT2D eigenvalue weighted by Gasteiger charge is -2.38. The molecule has 0 radical (unpaired) electrons. The fourth-order valence-electron chi connectivity index (χ4n) is 4.04. The number of carbonyl (C=O) groups is 1. The minimum Gasteiger partial charge on any atom is -0.492 e. The lowest BCUT2D eigenvalue weighted by molar-refractivity contribution is 0.0152. The molecule has 1 fully saturated rings. The van der Waals surface area contributed by atoms with Crippen molar-refractivity contribution >= 4 is 6.09 Å². The molecule has 5 heteroatoms. The van der Waals surface area contributed by atoms with E-state index in [1.807, 2.05) is 56.0 Å². The van der Waals surface area contributed by atoms with Crippen molar-refractivity contribution in [3.8, 4) is 11.5 Å². The summed E-state index contributed by atoms with van der Waals surface area (Å²) in [4.78, 5) is 14.2. The Bertz CT molecular complexity index is 864. The van der Waals surface area contributed by atoms with E-state index in [1.165, 1.54) is 5.56 Å². The van der Waals surface area contributed by atoms with Crippen LogP contribution in [0.5, 0.6) is 11.5 Å². The molecule has 154 valence electrons. The summed E-state index contributed by atoms with van der Waals surface area (Å²) >= 11 is 0. The maximum atomic E-state index is 12.4. The Morgan fingerprint density at radius 3 is 2.52 bits per heavy atom. The van der Waals surface area contributed by atoms with Crippen LogP contribution < -0.4 is 9.47 Å². The molecule has 1 spiro atoms. The van der Waals surface area contributed by atoms with Crippen LogP contribution in [0.1, 0.15) is 44.7 Å². The number of hydrogen-bond acceptors (Lipinski definition) is 4. The highest BCUT2D eigenvalue weighted by molar-refractivity contribution is 5.68. The number of ether oxygens (including phenoxy) is 3. The molecule has 0 atom stereocenters. The molecule has 0 saturated carbocycles. The summed E-state index contributed by atoms with van der Waals surface area (Å²) in [5, 5.41) is 0. The van der Waals surface area contributed by atoms with E-state index in [-0.39, 0.29) is 11.5 Å². The van der Waals surface area contributed by atoms with E-state index in [9.17, 15) is 4.79 Å². The van der Waals surface area contributed by atoms with Crippen LogP contribution in [0.4, 0.5) is 4.79 Å². The van der Waals surface area contributed by atoms with Crippen molar-refractivity contribution in [2.75, 3.05) is 19.7 Å². The van der Waals surface area contributed by atoms with Gasteiger partial charge in [0.1, 0.15) is 23.7 Å². The van der Waals surface area contributed by atoms with Gasteiger partial charge in [-0.1, -0.05) is 36.4 Å². The number of fused-ring (bicyclic) bond motifs is 2. The zero-order valence-corrected chi connectivity index (χ0v) is 17.4. The van der Waals surface area contributed by atoms with Crippen LogP contribution in [0.2, 0.25) is 0 Å². The molecule has 2 heterocycles. The van der Waals surface area contributed by atoms with Crippen LogP contribution in [0, 0.1) is 0 Å². The second-order valence-electron chi connectivity index (χ2n) is 8.97. The van der Waals surface area contributed by atoms with Crippen LogP contribution >= 0.6 is 0 Å². The summed E-state index contributed by atoms with van der Waals surface area (Å²) in [6.07, 6.45) is 1.53. The largest absolute Gasteiger partial charge is 0.492 e. The number of likely N-dealkylation sites (tertiary alicyclic amines) is 1. The van der Waals surface area contributed by atoms with Gasteiger partial charge in [-0.05, 0) is 45.2 Å². The van der Waals surface area contributed by atoms with Crippen LogP contribution in [0.3, 0.4) is 0 Å². The van der Waals surface area contributed by atoms with Crippen molar-refractivity contribution in [1.82, 2.24) is 4.90 Å². The summed E-state index contributed by atoms with van der Waals surface area (Å²) in [5.74, 6) is 1.72. The molecule has 0 N–H and O–H groups in total. The number of amides is 1. The quantitative estimate of drug-likeness (QED) is 0.740. The second-order valence-corrected chi connectivity index (χ2v) is 8.97. The first-order chi connectivity index (χ1) is 13.8. The molecule has 1 amide bonds. The van der Waals surface area contributed by atoms with Crippen molar-refractivity contribution in [2.45, 2.75) is 51.2 Å². The van der Waals surface area contributed by atoms with Gasteiger partial charge in [-0.2, -0.15) is 0 Å². The van der Waals surface area contributed by atoms with Gasteiger partial charge in [0.25, 0.3) is 0 Å². The molecule has 2 aliphatic rings. The first kappa shape index (κ1) is 19.6. The number of nitrogens with zero attached hydrogens (tertiary/aromatic N) is 1. The zero-order chi connectivity index (χ0) is 20.5. The maximum absolute atomic E-state index is 12.4. The first-order valence-electron chi connectivity index (χ1n) is 10.3. The fourth-order valence-corrected chi connectivity index (χ4v) is 4.04. The number of rotatable bonds is 3. The Balaban J connectivity index is 1.40. The van der Waals surface area contributed by atoms with Crippen molar-refractivity contribution in [1.29, 1.82) is 0 Å². The minimum atomic E-state index is -0.467. The average Bonchev–Trinajstić information content (AvgIpc) is 3.04. The van der Waals surface area contributed by atoms with Gasteiger partial charge in [0.2, 0.25) is 0 Å². The summed E-state index contributed by atoms with van der Waals surface area (Å²) in [6.45, 7) is 8.26. The number of hydrogen-bond donors (Lipinski definition) is 0. The molecule has 0 bridgehead atoms. The molecule has 2 aromatic rings. The van der Waals surface area contributed by atoms with Crippen molar-refractivity contribution in [3.05, 3.63) is 59.7 Å². The summed E-state index contributed by atoms with van der Waals surface area (Å²) < 4.78 is 17.5. The van der Waals surface area contributed by atoms with Gasteiger partial charge in [0.15, 0.2) is 0 Å². The first-order valence-corrected chi connectivity index (χ1v) is 10.3. The summed E-state index contributed by atoms with van der Waals surface area (Å²) in [7, 11) is 0. The zero-order valence-electron chi connectivity index (χ0n) is 17.4. The Kier molecular flexibility index (Phi) is 5.15. The van der Waals surface area contributed by atoms with Gasteiger partial charge in [0.05, 0.1) is 6.61 Å². The standard InChI is InChI=1S/C24H29NO4/c1-23(2,3)29-22(26)25-13-11-24(12-14-25)17-28-21-15-19(9-10-20(21)24)27-16-18-7-5-4-6-8-18/h4-10,15H,11-14,16-17H2,1-3H3. The molecule has 4 rings (SSSR count). The summed E-state index contributed by atoms with van der Waals surface area (Å²) in [6, 6.07) is 16.3. The van der Waals surface area contributed by atoms with Crippen LogP contribution in [0.25, 0.3) is 0 Å². The van der Waals surface area contributed by atoms with E-state index in [1.54, 1.807) is 0 Å². The van der Waals surface area contributed by atoms with Gasteiger partial charge in [-0.15, -0.1) is 0 Å². The molecule has 0 unspecified atom stereocenters. The molecule has 1 saturated heterocycles. The van der Waals surface area contributed by atoms with Gasteiger partial charge >= 0.3 is 6.09 Å². The van der Waals surface area contributed by atoms with Gasteiger partial charge in [0, 0.05) is 30.1 Å². The summed E-state index contributed by atoms with van der Waals surface area (Å²) in [5.41, 5.74) is 1.88. The monoisotopic (exact) mass is 395 g/mol. The van der Waals surface area contributed by atoms with Gasteiger partial charge < -0.3 is 19.1 Å². The van der Waals surface area contributed by atoms with Crippen molar-refractivity contribution < 1.29 is 19.0 Å². The highest BCUT2D eigenvalue weighted by Crippen LogP contribution is 2.46. The predicted molar refractivity (Wildman–Crippen MR) is 111 cm³/mol. The van der Waals surface area contributed by atoms with Crippen LogP contribution in [0.15, 0.2) is 48.5 Å². The normalized spacial score (nSPS) is 17.6. The van der Waals surface area contributed by atoms with Crippen LogP contribution in [-0.4, -0.2) is 36.3 Å². The third-order valence-electron chi connectivity index (χ3n) is 5.65. The molecule has 5 nitrogen and oxygen atoms in total. The molecule has 2 aromatic carbocycles. The van der Waals surface area contributed by atoms with E-state index < -0.39 is 5.60 Å². The molecular formula is C24H29NO4. The lowest BCUT2D eigenvalue weighted by Crippen LogP contribution is -2.47. The third-order valence-corrected chi connectivity index (χ3v) is 5.65. The predicted octanol–water partition coefficient (Wildman–Crippen LogP) is 4.93. The Hall–Kier alpha value is -2.69. The molecule has 29 heavy (non-hydrogen) atoms. The van der Waals surface area contributed by atoms with Gasteiger partial charge in [-0.3, -0.25) is 0 Å². The molecule has 2 aliphatic heterocycles. The smallest absolute Gasteiger partial charge is 0.410 e.